The molecule has 2 aliphatic heterocycles. The van der Waals surface area contributed by atoms with Crippen LogP contribution in [0.3, 0.4) is 0 Å². The lowest BCUT2D eigenvalue weighted by molar-refractivity contribution is 0.0446. The summed E-state index contributed by atoms with van der Waals surface area (Å²) in [5.74, 6) is 1.77. The first kappa shape index (κ1) is 16.9. The van der Waals surface area contributed by atoms with Crippen LogP contribution in [0.4, 0.5) is 0 Å². The molecular formula is C16H25N3O3S2. The maximum atomic E-state index is 12.9. The zero-order valence-corrected chi connectivity index (χ0v) is 16.1. The normalized spacial score (nSPS) is 26.9. The number of aromatic nitrogens is 2. The van der Waals surface area contributed by atoms with Gasteiger partial charge in [0.25, 0.3) is 0 Å². The van der Waals surface area contributed by atoms with E-state index in [1.807, 2.05) is 18.7 Å². The molecule has 0 unspecified atom stereocenters. The average Bonchev–Trinajstić information content (AvgIpc) is 3.13. The summed E-state index contributed by atoms with van der Waals surface area (Å²) in [6, 6.07) is 0. The van der Waals surface area contributed by atoms with Crippen LogP contribution in [0.2, 0.25) is 0 Å². The highest BCUT2D eigenvalue weighted by molar-refractivity contribution is 8.01. The molecule has 6 nitrogen and oxygen atoms in total. The van der Waals surface area contributed by atoms with Crippen molar-refractivity contribution in [2.75, 3.05) is 25.4 Å². The highest BCUT2D eigenvalue weighted by Gasteiger charge is 2.54. The Hall–Kier alpha value is -0.570. The van der Waals surface area contributed by atoms with E-state index in [1.165, 1.54) is 12.8 Å². The van der Waals surface area contributed by atoms with Gasteiger partial charge in [-0.1, -0.05) is 0 Å². The molecule has 0 amide bonds. The van der Waals surface area contributed by atoms with Crippen LogP contribution < -0.4 is 0 Å². The fourth-order valence-corrected chi connectivity index (χ4v) is 7.44. The van der Waals surface area contributed by atoms with Crippen LogP contribution in [0.25, 0.3) is 0 Å². The van der Waals surface area contributed by atoms with Crippen molar-refractivity contribution in [1.82, 2.24) is 14.1 Å². The molecule has 1 aromatic rings. The molecule has 0 radical (unpaired) electrons. The molecule has 0 bridgehead atoms. The van der Waals surface area contributed by atoms with Crippen molar-refractivity contribution >= 4 is 21.8 Å². The summed E-state index contributed by atoms with van der Waals surface area (Å²) in [4.78, 5) is 0.379. The van der Waals surface area contributed by atoms with Gasteiger partial charge in [0.2, 0.25) is 10.0 Å². The van der Waals surface area contributed by atoms with E-state index in [0.29, 0.717) is 35.5 Å². The predicted molar refractivity (Wildman–Crippen MR) is 93.7 cm³/mol. The summed E-state index contributed by atoms with van der Waals surface area (Å²) in [5.41, 5.74) is 1.29. The van der Waals surface area contributed by atoms with Gasteiger partial charge in [0.1, 0.15) is 4.90 Å². The SMILES string of the molecule is Cc1nn(C)c(C)c1S(=O)(=O)N1CC2(C[C@@H](OCC3CC3)CS2)C1. The van der Waals surface area contributed by atoms with Gasteiger partial charge in [-0.2, -0.15) is 9.40 Å². The molecule has 0 aromatic carbocycles. The van der Waals surface area contributed by atoms with E-state index in [0.717, 1.165) is 24.7 Å². The van der Waals surface area contributed by atoms with Crippen LogP contribution in [0.1, 0.15) is 30.7 Å². The lowest BCUT2D eigenvalue weighted by Crippen LogP contribution is -2.60. The molecule has 1 atom stereocenters. The van der Waals surface area contributed by atoms with Gasteiger partial charge in [-0.05, 0) is 39.0 Å². The van der Waals surface area contributed by atoms with Gasteiger partial charge in [0.15, 0.2) is 0 Å². The highest BCUT2D eigenvalue weighted by atomic mass is 32.2. The first-order valence-corrected chi connectivity index (χ1v) is 11.0. The number of sulfonamides is 1. The van der Waals surface area contributed by atoms with Crippen molar-refractivity contribution in [2.24, 2.45) is 13.0 Å². The van der Waals surface area contributed by atoms with Gasteiger partial charge in [0.05, 0.1) is 17.5 Å². The van der Waals surface area contributed by atoms with Crippen LogP contribution in [0, 0.1) is 19.8 Å². The third kappa shape index (κ3) is 2.81. The van der Waals surface area contributed by atoms with Gasteiger partial charge in [-0.3, -0.25) is 4.68 Å². The third-order valence-corrected chi connectivity index (χ3v) is 9.03. The molecule has 134 valence electrons. The minimum Gasteiger partial charge on any atom is -0.377 e. The Morgan fingerprint density at radius 3 is 2.62 bits per heavy atom. The largest absolute Gasteiger partial charge is 0.377 e. The van der Waals surface area contributed by atoms with E-state index >= 15 is 0 Å². The quantitative estimate of drug-likeness (QED) is 0.788. The van der Waals surface area contributed by atoms with Gasteiger partial charge >= 0.3 is 0 Å². The van der Waals surface area contributed by atoms with E-state index < -0.39 is 10.0 Å². The van der Waals surface area contributed by atoms with Crippen molar-refractivity contribution in [2.45, 2.75) is 48.9 Å². The summed E-state index contributed by atoms with van der Waals surface area (Å²) >= 11 is 1.89. The van der Waals surface area contributed by atoms with Crippen molar-refractivity contribution < 1.29 is 13.2 Å². The van der Waals surface area contributed by atoms with E-state index in [4.69, 9.17) is 4.74 Å². The number of ether oxygens (including phenoxy) is 1. The molecule has 1 saturated carbocycles. The Bertz CT molecular complexity index is 749. The summed E-state index contributed by atoms with van der Waals surface area (Å²) in [5, 5.41) is 4.25. The van der Waals surface area contributed by atoms with Crippen molar-refractivity contribution in [3.8, 4) is 0 Å². The standard InChI is InChI=1S/C16H25N3O3S2/c1-11-15(12(2)18(3)17-11)24(20,21)19-9-16(10-19)6-14(8-23-16)22-7-13-4-5-13/h13-14H,4-10H2,1-3H3/t14-/m1/s1. The Morgan fingerprint density at radius 2 is 2.04 bits per heavy atom. The maximum Gasteiger partial charge on any atom is 0.246 e. The molecule has 1 aromatic heterocycles. The number of rotatable bonds is 5. The minimum absolute atomic E-state index is 0.0608. The predicted octanol–water partition coefficient (Wildman–Crippen LogP) is 1.71. The highest BCUT2D eigenvalue weighted by Crippen LogP contribution is 2.48. The average molecular weight is 372 g/mol. The number of thioether (sulfide) groups is 1. The van der Waals surface area contributed by atoms with Crippen molar-refractivity contribution in [1.29, 1.82) is 0 Å². The molecule has 0 N–H and O–H groups in total. The smallest absolute Gasteiger partial charge is 0.246 e. The van der Waals surface area contributed by atoms with Gasteiger partial charge in [-0.25, -0.2) is 8.42 Å². The van der Waals surface area contributed by atoms with E-state index in [9.17, 15) is 8.42 Å². The number of hydrogen-bond donors (Lipinski definition) is 0. The Balaban J connectivity index is 1.41. The molecule has 1 spiro atoms. The van der Waals surface area contributed by atoms with Gasteiger partial charge in [-0.15, -0.1) is 11.8 Å². The molecule has 3 heterocycles. The lowest BCUT2D eigenvalue weighted by atomic mass is 9.95. The number of aryl methyl sites for hydroxylation is 2. The molecule has 2 saturated heterocycles. The minimum atomic E-state index is -3.44. The first-order valence-electron chi connectivity index (χ1n) is 8.57. The zero-order valence-electron chi connectivity index (χ0n) is 14.5. The fraction of sp³-hybridized carbons (Fsp3) is 0.812. The number of nitrogens with zero attached hydrogens (tertiary/aromatic N) is 3. The van der Waals surface area contributed by atoms with E-state index in [1.54, 1.807) is 23.0 Å². The second-order valence-corrected chi connectivity index (χ2v) is 10.9. The molecule has 3 aliphatic rings. The second-order valence-electron chi connectivity index (χ2n) is 7.49. The van der Waals surface area contributed by atoms with Crippen molar-refractivity contribution in [3.05, 3.63) is 11.4 Å². The molecule has 4 rings (SSSR count). The van der Waals surface area contributed by atoms with Crippen LogP contribution in [-0.4, -0.2) is 58.8 Å². The van der Waals surface area contributed by atoms with Crippen LogP contribution in [0.5, 0.6) is 0 Å². The Labute approximate surface area is 148 Å². The fourth-order valence-electron chi connectivity index (χ4n) is 3.71. The first-order chi connectivity index (χ1) is 11.3. The summed E-state index contributed by atoms with van der Waals surface area (Å²) < 4.78 is 35.2. The maximum absolute atomic E-state index is 12.9. The Kier molecular flexibility index (Phi) is 4.02. The van der Waals surface area contributed by atoms with Gasteiger partial charge in [0, 0.05) is 37.2 Å². The monoisotopic (exact) mass is 371 g/mol. The summed E-state index contributed by atoms with van der Waals surface area (Å²) in [7, 11) is -1.66. The van der Waals surface area contributed by atoms with E-state index in [2.05, 4.69) is 5.10 Å². The van der Waals surface area contributed by atoms with Gasteiger partial charge < -0.3 is 4.74 Å². The molecular weight excluding hydrogens is 346 g/mol. The van der Waals surface area contributed by atoms with Crippen LogP contribution in [0.15, 0.2) is 4.90 Å². The molecule has 1 aliphatic carbocycles. The van der Waals surface area contributed by atoms with E-state index in [-0.39, 0.29) is 4.75 Å². The molecule has 3 fully saturated rings. The van der Waals surface area contributed by atoms with Crippen molar-refractivity contribution in [3.63, 3.8) is 0 Å². The topological polar surface area (TPSA) is 64.4 Å². The third-order valence-electron chi connectivity index (χ3n) is 5.41. The Morgan fingerprint density at radius 1 is 1.33 bits per heavy atom. The zero-order chi connectivity index (χ0) is 17.1. The summed E-state index contributed by atoms with van der Waals surface area (Å²) in [6.07, 6.45) is 3.88. The molecule has 24 heavy (non-hydrogen) atoms. The van der Waals surface area contributed by atoms with Crippen LogP contribution in [-0.2, 0) is 21.8 Å². The van der Waals surface area contributed by atoms with Crippen LogP contribution >= 0.6 is 11.8 Å². The second kappa shape index (κ2) is 5.72. The lowest BCUT2D eigenvalue weighted by Gasteiger charge is -2.46. The summed E-state index contributed by atoms with van der Waals surface area (Å²) in [6.45, 7) is 5.65. The number of hydrogen-bond acceptors (Lipinski definition) is 5. The molecule has 8 heteroatoms.